The zero-order valence-electron chi connectivity index (χ0n) is 11.6. The molecule has 1 N–H and O–H groups in total. The monoisotopic (exact) mass is 334 g/mol. The number of halogens is 1. The average molecular weight is 335 g/mol. The Hall–Kier alpha value is -1.16. The molecule has 2 aliphatic carbocycles. The molecule has 2 bridgehead atoms. The van der Waals surface area contributed by atoms with Crippen molar-refractivity contribution in [3.63, 3.8) is 0 Å². The third kappa shape index (κ3) is 2.80. The van der Waals surface area contributed by atoms with Gasteiger partial charge in [-0.15, -0.1) is 0 Å². The van der Waals surface area contributed by atoms with E-state index in [1.807, 2.05) is 19.1 Å². The van der Waals surface area contributed by atoms with Crippen LogP contribution in [0.2, 0.25) is 0 Å². The third-order valence-corrected chi connectivity index (χ3v) is 5.24. The molecule has 0 aliphatic heterocycles. The van der Waals surface area contributed by atoms with E-state index < -0.39 is 0 Å². The summed E-state index contributed by atoms with van der Waals surface area (Å²) in [5.74, 6) is 2.14. The predicted molar refractivity (Wildman–Crippen MR) is 83.7 cm³/mol. The van der Waals surface area contributed by atoms with Gasteiger partial charge in [-0.05, 0) is 62.3 Å². The Bertz CT molecular complexity index is 538. The van der Waals surface area contributed by atoms with E-state index in [1.165, 1.54) is 25.7 Å². The van der Waals surface area contributed by atoms with Gasteiger partial charge in [-0.25, -0.2) is 5.43 Å². The minimum absolute atomic E-state index is 0.139. The van der Waals surface area contributed by atoms with Crippen LogP contribution in [0.3, 0.4) is 0 Å². The Morgan fingerprint density at radius 1 is 1.25 bits per heavy atom. The molecule has 0 saturated heterocycles. The molecular weight excluding hydrogens is 316 g/mol. The lowest BCUT2D eigenvalue weighted by molar-refractivity contribution is 0.0954. The average Bonchev–Trinajstić information content (AvgIpc) is 3.08. The van der Waals surface area contributed by atoms with Crippen molar-refractivity contribution in [2.45, 2.75) is 32.6 Å². The Balaban J connectivity index is 1.61. The molecule has 3 nitrogen and oxygen atoms in total. The zero-order valence-corrected chi connectivity index (χ0v) is 13.2. The highest BCUT2D eigenvalue weighted by molar-refractivity contribution is 9.10. The Morgan fingerprint density at radius 3 is 2.60 bits per heavy atom. The van der Waals surface area contributed by atoms with Crippen LogP contribution in [-0.2, 0) is 0 Å². The lowest BCUT2D eigenvalue weighted by Gasteiger charge is -2.21. The molecule has 2 saturated carbocycles. The van der Waals surface area contributed by atoms with Gasteiger partial charge in [-0.3, -0.25) is 4.79 Å². The molecule has 0 aromatic heterocycles. The van der Waals surface area contributed by atoms with Crippen LogP contribution in [0.25, 0.3) is 0 Å². The minimum atomic E-state index is -0.139. The summed E-state index contributed by atoms with van der Waals surface area (Å²) < 4.78 is 0.968. The first-order valence-electron chi connectivity index (χ1n) is 7.23. The van der Waals surface area contributed by atoms with Gasteiger partial charge in [0.2, 0.25) is 0 Å². The van der Waals surface area contributed by atoms with E-state index in [1.54, 1.807) is 12.1 Å². The highest BCUT2D eigenvalue weighted by atomic mass is 79.9. The van der Waals surface area contributed by atoms with Crippen molar-refractivity contribution in [2.24, 2.45) is 22.9 Å². The van der Waals surface area contributed by atoms with Crippen LogP contribution in [0.1, 0.15) is 43.0 Å². The summed E-state index contributed by atoms with van der Waals surface area (Å²) in [4.78, 5) is 12.0. The number of fused-ring (bicyclic) bond motifs is 2. The number of nitrogens with zero attached hydrogens (tertiary/aromatic N) is 1. The quantitative estimate of drug-likeness (QED) is 0.659. The summed E-state index contributed by atoms with van der Waals surface area (Å²) in [6, 6.07) is 7.31. The Morgan fingerprint density at radius 2 is 2.00 bits per heavy atom. The molecule has 3 unspecified atom stereocenters. The van der Waals surface area contributed by atoms with E-state index in [0.717, 1.165) is 22.0 Å². The highest BCUT2D eigenvalue weighted by Crippen LogP contribution is 2.48. The fourth-order valence-corrected chi connectivity index (χ4v) is 3.91. The van der Waals surface area contributed by atoms with Gasteiger partial charge in [0.15, 0.2) is 0 Å². The first kappa shape index (κ1) is 13.8. The van der Waals surface area contributed by atoms with Gasteiger partial charge in [0.1, 0.15) is 0 Å². The molecular formula is C16H19BrN2O. The molecule has 0 spiro atoms. The van der Waals surface area contributed by atoms with E-state index >= 15 is 0 Å². The number of rotatable bonds is 3. The summed E-state index contributed by atoms with van der Waals surface area (Å²) in [6.45, 7) is 2.05. The van der Waals surface area contributed by atoms with Gasteiger partial charge in [-0.1, -0.05) is 22.4 Å². The number of hydrogen-bond donors (Lipinski definition) is 1. The molecule has 1 amide bonds. The van der Waals surface area contributed by atoms with Gasteiger partial charge in [0.25, 0.3) is 5.91 Å². The Kier molecular flexibility index (Phi) is 3.92. The number of benzene rings is 1. The summed E-state index contributed by atoms with van der Waals surface area (Å²) in [7, 11) is 0. The van der Waals surface area contributed by atoms with Crippen LogP contribution >= 0.6 is 15.9 Å². The second-order valence-corrected chi connectivity index (χ2v) is 6.90. The van der Waals surface area contributed by atoms with Crippen molar-refractivity contribution in [2.75, 3.05) is 0 Å². The summed E-state index contributed by atoms with van der Waals surface area (Å²) in [5.41, 5.74) is 4.41. The van der Waals surface area contributed by atoms with Gasteiger partial charge in [0, 0.05) is 21.7 Å². The molecule has 0 radical (unpaired) electrons. The lowest BCUT2D eigenvalue weighted by atomic mass is 9.86. The van der Waals surface area contributed by atoms with Crippen molar-refractivity contribution >= 4 is 27.5 Å². The summed E-state index contributed by atoms with van der Waals surface area (Å²) >= 11 is 3.36. The lowest BCUT2D eigenvalue weighted by Crippen LogP contribution is -2.24. The minimum Gasteiger partial charge on any atom is -0.267 e. The van der Waals surface area contributed by atoms with E-state index in [2.05, 4.69) is 26.5 Å². The molecule has 20 heavy (non-hydrogen) atoms. The van der Waals surface area contributed by atoms with Crippen molar-refractivity contribution in [3.05, 3.63) is 34.3 Å². The maximum Gasteiger partial charge on any atom is 0.271 e. The van der Waals surface area contributed by atoms with Crippen LogP contribution in [0, 0.1) is 17.8 Å². The molecule has 1 aromatic carbocycles. The van der Waals surface area contributed by atoms with Crippen molar-refractivity contribution < 1.29 is 4.79 Å². The van der Waals surface area contributed by atoms with Crippen molar-refractivity contribution in [1.82, 2.24) is 5.43 Å². The van der Waals surface area contributed by atoms with Crippen molar-refractivity contribution in [1.29, 1.82) is 0 Å². The van der Waals surface area contributed by atoms with Crippen molar-refractivity contribution in [3.8, 4) is 0 Å². The largest absolute Gasteiger partial charge is 0.271 e. The molecule has 4 heteroatoms. The number of carbonyl (C=O) groups is 1. The van der Waals surface area contributed by atoms with Gasteiger partial charge in [0.05, 0.1) is 0 Å². The third-order valence-electron chi connectivity index (χ3n) is 4.71. The van der Waals surface area contributed by atoms with E-state index in [0.29, 0.717) is 11.5 Å². The van der Waals surface area contributed by atoms with Gasteiger partial charge < -0.3 is 0 Å². The van der Waals surface area contributed by atoms with Crippen LogP contribution in [0.5, 0.6) is 0 Å². The van der Waals surface area contributed by atoms with E-state index in [-0.39, 0.29) is 5.91 Å². The maximum absolute atomic E-state index is 12.0. The predicted octanol–water partition coefficient (Wildman–Crippen LogP) is 3.99. The molecule has 2 aliphatic rings. The topological polar surface area (TPSA) is 41.5 Å². The number of hydrogen-bond acceptors (Lipinski definition) is 2. The molecule has 3 rings (SSSR count). The Labute approximate surface area is 128 Å². The SMILES string of the molecule is C/C(=N\NC(=O)c1ccc(Br)cc1)C1CC2CCC1C2. The first-order valence-corrected chi connectivity index (χ1v) is 8.03. The van der Waals surface area contributed by atoms with Crippen LogP contribution < -0.4 is 5.43 Å². The fraction of sp³-hybridized carbons (Fsp3) is 0.500. The highest BCUT2D eigenvalue weighted by Gasteiger charge is 2.40. The molecule has 106 valence electrons. The van der Waals surface area contributed by atoms with E-state index in [9.17, 15) is 4.79 Å². The molecule has 0 heterocycles. The standard InChI is InChI=1S/C16H19BrN2O/c1-10(15-9-11-2-3-13(15)8-11)18-19-16(20)12-4-6-14(17)7-5-12/h4-7,11,13,15H,2-3,8-9H2,1H3,(H,19,20)/b18-10+. The first-order chi connectivity index (χ1) is 9.63. The zero-order chi connectivity index (χ0) is 14.1. The molecule has 1 aromatic rings. The summed E-state index contributed by atoms with van der Waals surface area (Å²) in [6.07, 6.45) is 5.34. The van der Waals surface area contributed by atoms with E-state index in [4.69, 9.17) is 0 Å². The van der Waals surface area contributed by atoms with Crippen LogP contribution in [0.4, 0.5) is 0 Å². The molecule has 2 fully saturated rings. The number of hydrazone groups is 1. The fourth-order valence-electron chi connectivity index (χ4n) is 3.64. The van der Waals surface area contributed by atoms with Crippen LogP contribution in [-0.4, -0.2) is 11.6 Å². The molecule has 3 atom stereocenters. The normalized spacial score (nSPS) is 28.7. The maximum atomic E-state index is 12.0. The van der Waals surface area contributed by atoms with Crippen LogP contribution in [0.15, 0.2) is 33.8 Å². The van der Waals surface area contributed by atoms with Gasteiger partial charge in [-0.2, -0.15) is 5.10 Å². The number of nitrogens with one attached hydrogen (secondary N) is 1. The second kappa shape index (κ2) is 5.68. The summed E-state index contributed by atoms with van der Waals surface area (Å²) in [5, 5.41) is 4.33. The smallest absolute Gasteiger partial charge is 0.267 e. The second-order valence-electron chi connectivity index (χ2n) is 5.98. The number of carbonyl (C=O) groups excluding carboxylic acids is 1. The number of amides is 1. The van der Waals surface area contributed by atoms with Gasteiger partial charge >= 0.3 is 0 Å².